The monoisotopic (exact) mass is 351 g/mol. The largest absolute Gasteiger partial charge is 0.339 e. The molecule has 21 heavy (non-hydrogen) atoms. The van der Waals surface area contributed by atoms with Crippen molar-refractivity contribution >= 4 is 15.9 Å². The first-order chi connectivity index (χ1) is 10.1. The number of rotatable bonds is 7. The standard InChI is InChI=1S/C16H22BrN3O/c1-4-9-18-12(3)11(2)16-19-15(20-21-16)10-13-7-5-6-8-14(13)17/h5-8,11-12,18H,4,9-10H2,1-3H3. The molecular weight excluding hydrogens is 330 g/mol. The van der Waals surface area contributed by atoms with E-state index in [9.17, 15) is 0 Å². The highest BCUT2D eigenvalue weighted by Gasteiger charge is 2.20. The van der Waals surface area contributed by atoms with Gasteiger partial charge in [0, 0.05) is 16.9 Å². The van der Waals surface area contributed by atoms with E-state index in [1.165, 1.54) is 0 Å². The molecule has 1 aromatic carbocycles. The molecule has 0 radical (unpaired) electrons. The molecule has 2 atom stereocenters. The Labute approximate surface area is 134 Å². The summed E-state index contributed by atoms with van der Waals surface area (Å²) in [5.41, 5.74) is 1.16. The first-order valence-electron chi connectivity index (χ1n) is 7.41. The van der Waals surface area contributed by atoms with Crippen molar-refractivity contribution in [3.63, 3.8) is 0 Å². The van der Waals surface area contributed by atoms with Crippen molar-refractivity contribution in [1.82, 2.24) is 15.5 Å². The van der Waals surface area contributed by atoms with E-state index in [-0.39, 0.29) is 5.92 Å². The van der Waals surface area contributed by atoms with Crippen molar-refractivity contribution in [3.8, 4) is 0 Å². The molecule has 0 aliphatic rings. The van der Waals surface area contributed by atoms with Crippen LogP contribution in [-0.4, -0.2) is 22.7 Å². The van der Waals surface area contributed by atoms with Gasteiger partial charge < -0.3 is 9.84 Å². The topological polar surface area (TPSA) is 51.0 Å². The molecule has 1 N–H and O–H groups in total. The maximum Gasteiger partial charge on any atom is 0.231 e. The maximum absolute atomic E-state index is 5.42. The van der Waals surface area contributed by atoms with Crippen LogP contribution in [0.2, 0.25) is 0 Å². The average molecular weight is 352 g/mol. The zero-order valence-corrected chi connectivity index (χ0v) is 14.4. The molecule has 2 rings (SSSR count). The Morgan fingerprint density at radius 2 is 2.05 bits per heavy atom. The minimum Gasteiger partial charge on any atom is -0.339 e. The highest BCUT2D eigenvalue weighted by molar-refractivity contribution is 9.10. The Bertz CT molecular complexity index is 570. The maximum atomic E-state index is 5.42. The third-order valence-corrected chi connectivity index (χ3v) is 4.42. The fourth-order valence-corrected chi connectivity index (χ4v) is 2.52. The minimum absolute atomic E-state index is 0.206. The predicted molar refractivity (Wildman–Crippen MR) is 87.4 cm³/mol. The van der Waals surface area contributed by atoms with E-state index >= 15 is 0 Å². The molecule has 114 valence electrons. The van der Waals surface area contributed by atoms with Crippen LogP contribution in [0.1, 0.15) is 50.4 Å². The molecule has 1 aromatic heterocycles. The molecule has 0 amide bonds. The van der Waals surface area contributed by atoms with Crippen LogP contribution in [0.5, 0.6) is 0 Å². The smallest absolute Gasteiger partial charge is 0.231 e. The van der Waals surface area contributed by atoms with Crippen molar-refractivity contribution in [3.05, 3.63) is 46.0 Å². The molecule has 0 bridgehead atoms. The van der Waals surface area contributed by atoms with Crippen LogP contribution in [0.15, 0.2) is 33.3 Å². The molecular formula is C16H22BrN3O. The van der Waals surface area contributed by atoms with Gasteiger partial charge in [-0.05, 0) is 31.5 Å². The Balaban J connectivity index is 2.02. The number of benzene rings is 1. The predicted octanol–water partition coefficient (Wildman–Crippen LogP) is 3.91. The molecule has 2 aromatic rings. The van der Waals surface area contributed by atoms with E-state index in [4.69, 9.17) is 4.52 Å². The molecule has 2 unspecified atom stereocenters. The minimum atomic E-state index is 0.206. The van der Waals surface area contributed by atoms with Gasteiger partial charge >= 0.3 is 0 Å². The normalized spacial score (nSPS) is 14.1. The highest BCUT2D eigenvalue weighted by Crippen LogP contribution is 2.21. The Morgan fingerprint density at radius 3 is 2.76 bits per heavy atom. The molecule has 0 aliphatic heterocycles. The molecule has 0 saturated heterocycles. The lowest BCUT2D eigenvalue weighted by Crippen LogP contribution is -2.31. The summed E-state index contributed by atoms with van der Waals surface area (Å²) in [4.78, 5) is 4.54. The van der Waals surface area contributed by atoms with Gasteiger partial charge in [0.15, 0.2) is 5.82 Å². The van der Waals surface area contributed by atoms with Gasteiger partial charge in [0.2, 0.25) is 5.89 Å². The van der Waals surface area contributed by atoms with Gasteiger partial charge in [-0.3, -0.25) is 0 Å². The summed E-state index contributed by atoms with van der Waals surface area (Å²) in [6.07, 6.45) is 1.79. The first-order valence-corrected chi connectivity index (χ1v) is 8.20. The zero-order chi connectivity index (χ0) is 15.2. The fraction of sp³-hybridized carbons (Fsp3) is 0.500. The van der Waals surface area contributed by atoms with E-state index in [1.54, 1.807) is 0 Å². The Kier molecular flexibility index (Phi) is 5.94. The SMILES string of the molecule is CCCNC(C)C(C)c1nc(Cc2ccccc2Br)no1. The lowest BCUT2D eigenvalue weighted by atomic mass is 10.0. The zero-order valence-electron chi connectivity index (χ0n) is 12.8. The Morgan fingerprint density at radius 1 is 1.29 bits per heavy atom. The van der Waals surface area contributed by atoms with E-state index in [0.29, 0.717) is 18.4 Å². The summed E-state index contributed by atoms with van der Waals surface area (Å²) in [5, 5.41) is 7.56. The number of nitrogens with zero attached hydrogens (tertiary/aromatic N) is 2. The van der Waals surface area contributed by atoms with Gasteiger partial charge in [-0.15, -0.1) is 0 Å². The molecule has 0 fully saturated rings. The van der Waals surface area contributed by atoms with E-state index in [2.05, 4.69) is 58.2 Å². The van der Waals surface area contributed by atoms with Gasteiger partial charge in [-0.25, -0.2) is 0 Å². The van der Waals surface area contributed by atoms with E-state index in [0.717, 1.165) is 28.8 Å². The summed E-state index contributed by atoms with van der Waals surface area (Å²) >= 11 is 3.54. The molecule has 0 saturated carbocycles. The highest BCUT2D eigenvalue weighted by atomic mass is 79.9. The van der Waals surface area contributed by atoms with Gasteiger partial charge in [0.05, 0.1) is 5.92 Å². The fourth-order valence-electron chi connectivity index (χ4n) is 2.10. The van der Waals surface area contributed by atoms with Crippen molar-refractivity contribution in [1.29, 1.82) is 0 Å². The lowest BCUT2D eigenvalue weighted by Gasteiger charge is -2.17. The number of hydrogen-bond acceptors (Lipinski definition) is 4. The second-order valence-corrected chi connectivity index (χ2v) is 6.20. The van der Waals surface area contributed by atoms with Crippen molar-refractivity contribution in [2.45, 2.75) is 45.6 Å². The summed E-state index contributed by atoms with van der Waals surface area (Å²) < 4.78 is 6.49. The summed E-state index contributed by atoms with van der Waals surface area (Å²) in [6.45, 7) is 7.43. The third kappa shape index (κ3) is 4.38. The summed E-state index contributed by atoms with van der Waals surface area (Å²) in [5.74, 6) is 1.64. The molecule has 0 aliphatic carbocycles. The number of hydrogen-bond donors (Lipinski definition) is 1. The first kappa shape index (κ1) is 16.2. The van der Waals surface area contributed by atoms with Crippen LogP contribution in [0, 0.1) is 0 Å². The van der Waals surface area contributed by atoms with Crippen molar-refractivity contribution in [2.75, 3.05) is 6.54 Å². The van der Waals surface area contributed by atoms with E-state index < -0.39 is 0 Å². The summed E-state index contributed by atoms with van der Waals surface area (Å²) in [6, 6.07) is 8.42. The number of halogens is 1. The van der Waals surface area contributed by atoms with Crippen LogP contribution in [-0.2, 0) is 6.42 Å². The van der Waals surface area contributed by atoms with Crippen LogP contribution in [0.3, 0.4) is 0 Å². The average Bonchev–Trinajstić information content (AvgIpc) is 2.95. The van der Waals surface area contributed by atoms with Crippen molar-refractivity contribution < 1.29 is 4.52 Å². The van der Waals surface area contributed by atoms with Crippen LogP contribution < -0.4 is 5.32 Å². The van der Waals surface area contributed by atoms with Crippen LogP contribution >= 0.6 is 15.9 Å². The quantitative estimate of drug-likeness (QED) is 0.821. The Hall–Kier alpha value is -1.20. The third-order valence-electron chi connectivity index (χ3n) is 3.65. The number of nitrogens with one attached hydrogen (secondary N) is 1. The van der Waals surface area contributed by atoms with E-state index in [1.807, 2.05) is 18.2 Å². The van der Waals surface area contributed by atoms with Gasteiger partial charge in [-0.2, -0.15) is 4.98 Å². The molecule has 5 heteroatoms. The van der Waals surface area contributed by atoms with Gasteiger partial charge in [-0.1, -0.05) is 53.1 Å². The second-order valence-electron chi connectivity index (χ2n) is 5.35. The lowest BCUT2D eigenvalue weighted by molar-refractivity contribution is 0.328. The summed E-state index contributed by atoms with van der Waals surface area (Å²) in [7, 11) is 0. The van der Waals surface area contributed by atoms with Crippen molar-refractivity contribution in [2.24, 2.45) is 0 Å². The van der Waals surface area contributed by atoms with Gasteiger partial charge in [0.25, 0.3) is 0 Å². The molecule has 0 spiro atoms. The second kappa shape index (κ2) is 7.71. The van der Waals surface area contributed by atoms with Crippen LogP contribution in [0.4, 0.5) is 0 Å². The molecule has 4 nitrogen and oxygen atoms in total. The number of aromatic nitrogens is 2. The van der Waals surface area contributed by atoms with Gasteiger partial charge in [0.1, 0.15) is 0 Å². The van der Waals surface area contributed by atoms with Crippen LogP contribution in [0.25, 0.3) is 0 Å². The molecule has 1 heterocycles.